The summed E-state index contributed by atoms with van der Waals surface area (Å²) in [4.78, 5) is 12.7. The molecule has 0 aliphatic carbocycles. The van der Waals surface area contributed by atoms with Crippen LogP contribution in [-0.2, 0) is 23.7 Å². The second-order valence-electron chi connectivity index (χ2n) is 14.8. The van der Waals surface area contributed by atoms with Crippen LogP contribution in [0.2, 0.25) is 0 Å². The smallest absolute Gasteiger partial charge is 0.306 e. The zero-order chi connectivity index (χ0) is 37.2. The molecule has 1 heterocycles. The highest BCUT2D eigenvalue weighted by atomic mass is 16.7. The van der Waals surface area contributed by atoms with E-state index in [9.17, 15) is 25.2 Å². The lowest BCUT2D eigenvalue weighted by molar-refractivity contribution is -0.305. The summed E-state index contributed by atoms with van der Waals surface area (Å²) in [6, 6.07) is 0. The van der Waals surface area contributed by atoms with Gasteiger partial charge in [-0.15, -0.1) is 0 Å². The van der Waals surface area contributed by atoms with Gasteiger partial charge < -0.3 is 39.4 Å². The van der Waals surface area contributed by atoms with E-state index in [2.05, 4.69) is 26.0 Å². The molecule has 0 radical (unpaired) electrons. The van der Waals surface area contributed by atoms with E-state index in [-0.39, 0.29) is 19.2 Å². The Morgan fingerprint density at radius 2 is 1.12 bits per heavy atom. The van der Waals surface area contributed by atoms with E-state index >= 15 is 0 Å². The molecule has 4 N–H and O–H groups in total. The first-order valence-electron chi connectivity index (χ1n) is 21.3. The van der Waals surface area contributed by atoms with Gasteiger partial charge in [0.25, 0.3) is 0 Å². The molecule has 0 bridgehead atoms. The highest BCUT2D eigenvalue weighted by Crippen LogP contribution is 2.22. The van der Waals surface area contributed by atoms with Crippen LogP contribution in [0, 0.1) is 0 Å². The minimum atomic E-state index is -1.53. The number of ether oxygens (including phenoxy) is 4. The van der Waals surface area contributed by atoms with Gasteiger partial charge in [-0.3, -0.25) is 4.79 Å². The van der Waals surface area contributed by atoms with Gasteiger partial charge in [0.2, 0.25) is 0 Å². The van der Waals surface area contributed by atoms with Gasteiger partial charge in [0.15, 0.2) is 6.29 Å². The maximum absolute atomic E-state index is 12.7. The van der Waals surface area contributed by atoms with Gasteiger partial charge in [0, 0.05) is 13.0 Å². The SMILES string of the molecule is CCC/C=C\CCCCCCCC(=O)OC(COCCCCCCCCCCCCCCCCCCCC)COC1OC(CO)C(O)C(O)C1O. The fraction of sp³-hybridized carbons (Fsp3) is 0.929. The molecule has 6 unspecified atom stereocenters. The van der Waals surface area contributed by atoms with E-state index in [0.717, 1.165) is 51.4 Å². The van der Waals surface area contributed by atoms with Crippen LogP contribution < -0.4 is 0 Å². The van der Waals surface area contributed by atoms with Gasteiger partial charge in [0.05, 0.1) is 19.8 Å². The summed E-state index contributed by atoms with van der Waals surface area (Å²) in [5.41, 5.74) is 0. The molecule has 1 fully saturated rings. The molecule has 1 aliphatic heterocycles. The fourth-order valence-electron chi connectivity index (χ4n) is 6.55. The molecule has 1 saturated heterocycles. The standard InChI is InChI=1S/C42H80O9/c1-3-5-7-9-11-13-15-16-17-18-19-20-21-22-24-26-28-30-32-48-34-36(35-49-42-41(47)40(46)39(45)37(33-43)51-42)50-38(44)31-29-27-25-23-14-12-10-8-6-4-2/h8,10,36-37,39-43,45-47H,3-7,9,11-35H2,1-2H3/b10-8-. The van der Waals surface area contributed by atoms with Crippen LogP contribution in [0.1, 0.15) is 187 Å². The molecule has 0 saturated carbocycles. The van der Waals surface area contributed by atoms with Gasteiger partial charge >= 0.3 is 5.97 Å². The van der Waals surface area contributed by atoms with Crippen LogP contribution in [0.25, 0.3) is 0 Å². The largest absolute Gasteiger partial charge is 0.457 e. The maximum Gasteiger partial charge on any atom is 0.306 e. The Morgan fingerprint density at radius 3 is 1.67 bits per heavy atom. The van der Waals surface area contributed by atoms with Crippen molar-refractivity contribution in [3.63, 3.8) is 0 Å². The van der Waals surface area contributed by atoms with Crippen molar-refractivity contribution in [2.75, 3.05) is 26.4 Å². The minimum absolute atomic E-state index is 0.112. The predicted octanol–water partition coefficient (Wildman–Crippen LogP) is 8.86. The molecular weight excluding hydrogens is 648 g/mol. The van der Waals surface area contributed by atoms with Gasteiger partial charge in [-0.25, -0.2) is 0 Å². The predicted molar refractivity (Wildman–Crippen MR) is 206 cm³/mol. The number of carbonyl (C=O) groups excluding carboxylic acids is 1. The number of hydrogen-bond donors (Lipinski definition) is 4. The van der Waals surface area contributed by atoms with Crippen LogP contribution in [-0.4, -0.2) is 89.6 Å². The molecule has 0 amide bonds. The molecule has 9 nitrogen and oxygen atoms in total. The Labute approximate surface area is 312 Å². The van der Waals surface area contributed by atoms with Crippen LogP contribution in [0.3, 0.4) is 0 Å². The third kappa shape index (κ3) is 26.4. The van der Waals surface area contributed by atoms with Gasteiger partial charge in [-0.2, -0.15) is 0 Å². The molecule has 51 heavy (non-hydrogen) atoms. The summed E-state index contributed by atoms with van der Waals surface area (Å²) in [5.74, 6) is -0.323. The number of allylic oxidation sites excluding steroid dienone is 2. The molecular formula is C42H80O9. The third-order valence-corrected chi connectivity index (χ3v) is 9.91. The van der Waals surface area contributed by atoms with Crippen molar-refractivity contribution < 1.29 is 44.2 Å². The van der Waals surface area contributed by atoms with E-state index in [1.165, 1.54) is 116 Å². The van der Waals surface area contributed by atoms with E-state index in [1.807, 2.05) is 0 Å². The van der Waals surface area contributed by atoms with Crippen LogP contribution in [0.15, 0.2) is 12.2 Å². The summed E-state index contributed by atoms with van der Waals surface area (Å²) in [6.07, 6.45) is 29.6. The zero-order valence-electron chi connectivity index (χ0n) is 32.9. The van der Waals surface area contributed by atoms with E-state index < -0.39 is 43.4 Å². The van der Waals surface area contributed by atoms with Crippen molar-refractivity contribution in [1.29, 1.82) is 0 Å². The van der Waals surface area contributed by atoms with Crippen molar-refractivity contribution in [2.45, 2.75) is 224 Å². The summed E-state index contributed by atoms with van der Waals surface area (Å²) >= 11 is 0. The van der Waals surface area contributed by atoms with Gasteiger partial charge in [0.1, 0.15) is 30.5 Å². The number of esters is 1. The van der Waals surface area contributed by atoms with Gasteiger partial charge in [-0.05, 0) is 32.1 Å². The summed E-state index contributed by atoms with van der Waals surface area (Å²) in [7, 11) is 0. The van der Waals surface area contributed by atoms with E-state index in [0.29, 0.717) is 13.0 Å². The Kier molecular flexibility index (Phi) is 32.6. The average Bonchev–Trinajstić information content (AvgIpc) is 3.13. The lowest BCUT2D eigenvalue weighted by Crippen LogP contribution is -2.59. The van der Waals surface area contributed by atoms with Crippen molar-refractivity contribution >= 4 is 5.97 Å². The Bertz CT molecular complexity index is 792. The van der Waals surface area contributed by atoms with Crippen LogP contribution in [0.5, 0.6) is 0 Å². The quantitative estimate of drug-likeness (QED) is 0.0284. The minimum Gasteiger partial charge on any atom is -0.457 e. The molecule has 6 atom stereocenters. The lowest BCUT2D eigenvalue weighted by Gasteiger charge is -2.39. The Hall–Kier alpha value is -1.07. The molecule has 9 heteroatoms. The zero-order valence-corrected chi connectivity index (χ0v) is 32.9. The highest BCUT2D eigenvalue weighted by Gasteiger charge is 2.44. The Morgan fingerprint density at radius 1 is 0.608 bits per heavy atom. The molecule has 0 aromatic rings. The average molecular weight is 729 g/mol. The molecule has 1 aliphatic rings. The Balaban J connectivity index is 2.24. The first-order valence-corrected chi connectivity index (χ1v) is 21.3. The number of carbonyl (C=O) groups is 1. The summed E-state index contributed by atoms with van der Waals surface area (Å²) in [5, 5.41) is 40.0. The van der Waals surface area contributed by atoms with Crippen LogP contribution >= 0.6 is 0 Å². The first kappa shape index (κ1) is 48.0. The molecule has 1 rings (SSSR count). The summed E-state index contributed by atoms with van der Waals surface area (Å²) in [6.45, 7) is 4.51. The fourth-order valence-corrected chi connectivity index (χ4v) is 6.55. The number of aliphatic hydroxyl groups excluding tert-OH is 4. The van der Waals surface area contributed by atoms with Crippen molar-refractivity contribution in [3.05, 3.63) is 12.2 Å². The number of hydrogen-bond acceptors (Lipinski definition) is 9. The van der Waals surface area contributed by atoms with Crippen molar-refractivity contribution in [3.8, 4) is 0 Å². The third-order valence-electron chi connectivity index (χ3n) is 9.91. The van der Waals surface area contributed by atoms with Crippen molar-refractivity contribution in [2.24, 2.45) is 0 Å². The highest BCUT2D eigenvalue weighted by molar-refractivity contribution is 5.69. The molecule has 0 aromatic carbocycles. The lowest BCUT2D eigenvalue weighted by atomic mass is 9.99. The monoisotopic (exact) mass is 729 g/mol. The number of unbranched alkanes of at least 4 members (excludes halogenated alkanes) is 23. The van der Waals surface area contributed by atoms with Gasteiger partial charge in [-0.1, -0.05) is 161 Å². The molecule has 0 aromatic heterocycles. The maximum atomic E-state index is 12.7. The van der Waals surface area contributed by atoms with E-state index in [1.54, 1.807) is 0 Å². The second-order valence-corrected chi connectivity index (χ2v) is 14.8. The number of rotatable bonds is 36. The van der Waals surface area contributed by atoms with E-state index in [4.69, 9.17) is 18.9 Å². The van der Waals surface area contributed by atoms with Crippen molar-refractivity contribution in [1.82, 2.24) is 0 Å². The second kappa shape index (κ2) is 34.7. The topological polar surface area (TPSA) is 135 Å². The van der Waals surface area contributed by atoms with Crippen LogP contribution in [0.4, 0.5) is 0 Å². The normalized spacial score (nSPS) is 21.4. The molecule has 0 spiro atoms. The number of aliphatic hydroxyl groups is 4. The first-order chi connectivity index (χ1) is 24.9. The molecule has 302 valence electrons. The summed E-state index contributed by atoms with van der Waals surface area (Å²) < 4.78 is 22.7.